The summed E-state index contributed by atoms with van der Waals surface area (Å²) in [4.78, 5) is 13.4. The molecule has 3 N–H and O–H groups in total. The van der Waals surface area contributed by atoms with Crippen molar-refractivity contribution in [3.05, 3.63) is 54.7 Å². The molecule has 0 spiro atoms. The Balaban J connectivity index is 0.000000202. The van der Waals surface area contributed by atoms with Crippen molar-refractivity contribution in [2.45, 2.75) is 6.92 Å². The minimum atomic E-state index is 0.0684. The maximum atomic E-state index is 9.26. The zero-order valence-corrected chi connectivity index (χ0v) is 9.96. The summed E-state index contributed by atoms with van der Waals surface area (Å²) in [6, 6.07) is 9.70. The van der Waals surface area contributed by atoms with Crippen molar-refractivity contribution in [2.24, 2.45) is 0 Å². The van der Waals surface area contributed by atoms with E-state index < -0.39 is 0 Å². The van der Waals surface area contributed by atoms with Crippen molar-refractivity contribution in [1.82, 2.24) is 19.9 Å². The summed E-state index contributed by atoms with van der Waals surface area (Å²) in [6.45, 7) is 1.79. The van der Waals surface area contributed by atoms with Gasteiger partial charge in [-0.1, -0.05) is 30.3 Å². The number of benzene rings is 1. The molecule has 0 unspecified atom stereocenters. The molecule has 18 heavy (non-hydrogen) atoms. The van der Waals surface area contributed by atoms with Gasteiger partial charge in [0.05, 0.1) is 12.0 Å². The molecule has 2 heterocycles. The maximum absolute atomic E-state index is 9.26. The van der Waals surface area contributed by atoms with Gasteiger partial charge < -0.3 is 15.1 Å². The molecule has 0 aliphatic rings. The quantitative estimate of drug-likeness (QED) is 0.613. The first-order valence-electron chi connectivity index (χ1n) is 5.51. The molecule has 3 aromatic rings. The minimum Gasteiger partial charge on any atom is -0.492 e. The van der Waals surface area contributed by atoms with Crippen LogP contribution in [-0.2, 0) is 0 Å². The highest BCUT2D eigenvalue weighted by Gasteiger charge is 2.05. The van der Waals surface area contributed by atoms with Gasteiger partial charge in [0, 0.05) is 18.0 Å². The molecule has 0 radical (unpaired) electrons. The summed E-state index contributed by atoms with van der Waals surface area (Å²) in [5.74, 6) is 0.773. The van der Waals surface area contributed by atoms with E-state index in [-0.39, 0.29) is 5.88 Å². The Morgan fingerprint density at radius 2 is 1.94 bits per heavy atom. The first-order chi connectivity index (χ1) is 8.77. The predicted octanol–water partition coefficient (Wildman–Crippen LogP) is 2.50. The van der Waals surface area contributed by atoms with E-state index in [2.05, 4.69) is 19.9 Å². The van der Waals surface area contributed by atoms with E-state index in [0.29, 0.717) is 11.5 Å². The Morgan fingerprint density at radius 3 is 2.39 bits per heavy atom. The molecule has 0 saturated carbocycles. The third kappa shape index (κ3) is 2.98. The van der Waals surface area contributed by atoms with Crippen LogP contribution >= 0.6 is 0 Å². The van der Waals surface area contributed by atoms with Crippen molar-refractivity contribution in [3.8, 4) is 17.3 Å². The lowest BCUT2D eigenvalue weighted by Gasteiger charge is -1.93. The van der Waals surface area contributed by atoms with E-state index >= 15 is 0 Å². The number of aromatic amines is 2. The van der Waals surface area contributed by atoms with Crippen LogP contribution in [0.1, 0.15) is 5.69 Å². The highest BCUT2D eigenvalue weighted by molar-refractivity contribution is 5.56. The summed E-state index contributed by atoms with van der Waals surface area (Å²) >= 11 is 0. The molecule has 5 heteroatoms. The van der Waals surface area contributed by atoms with Gasteiger partial charge in [-0.3, -0.25) is 0 Å². The lowest BCUT2D eigenvalue weighted by atomic mass is 10.2. The Labute approximate surface area is 105 Å². The number of aryl methyl sites for hydroxylation is 1. The zero-order valence-electron chi connectivity index (χ0n) is 9.96. The Morgan fingerprint density at radius 1 is 1.17 bits per heavy atom. The second kappa shape index (κ2) is 5.67. The maximum Gasteiger partial charge on any atom is 0.232 e. The predicted molar refractivity (Wildman–Crippen MR) is 69.0 cm³/mol. The molecule has 2 aromatic heterocycles. The standard InChI is InChI=1S/C10H10N2O.C3H4N2/c1-7-10(13)12-9(11-7)8-5-3-2-4-6-8;1-2-5-3-4-1/h2-6,13H,1H3,(H,11,12);1-3H,(H,4,5). The van der Waals surface area contributed by atoms with Crippen LogP contribution in [0.3, 0.4) is 0 Å². The molecule has 0 aliphatic heterocycles. The van der Waals surface area contributed by atoms with Crippen LogP contribution < -0.4 is 0 Å². The van der Waals surface area contributed by atoms with Crippen LogP contribution in [0.15, 0.2) is 49.1 Å². The van der Waals surface area contributed by atoms with E-state index in [4.69, 9.17) is 0 Å². The van der Waals surface area contributed by atoms with Gasteiger partial charge in [0.2, 0.25) is 5.88 Å². The fraction of sp³-hybridized carbons (Fsp3) is 0.0769. The summed E-state index contributed by atoms with van der Waals surface area (Å²) in [5, 5.41) is 9.26. The van der Waals surface area contributed by atoms with Gasteiger partial charge in [0.1, 0.15) is 5.82 Å². The van der Waals surface area contributed by atoms with Gasteiger partial charge in [0.25, 0.3) is 0 Å². The van der Waals surface area contributed by atoms with Gasteiger partial charge in [-0.05, 0) is 6.92 Å². The first-order valence-corrected chi connectivity index (χ1v) is 5.51. The first kappa shape index (κ1) is 11.9. The van der Waals surface area contributed by atoms with Crippen molar-refractivity contribution in [2.75, 3.05) is 0 Å². The Hall–Kier alpha value is -2.56. The molecule has 0 bridgehead atoms. The van der Waals surface area contributed by atoms with Crippen LogP contribution in [-0.4, -0.2) is 25.0 Å². The number of nitrogens with zero attached hydrogens (tertiary/aromatic N) is 2. The van der Waals surface area contributed by atoms with Crippen LogP contribution in [0.2, 0.25) is 0 Å². The molecule has 0 saturated heterocycles. The van der Waals surface area contributed by atoms with Crippen LogP contribution in [0.4, 0.5) is 0 Å². The molecular formula is C13H14N4O. The lowest BCUT2D eigenvalue weighted by Crippen LogP contribution is -1.78. The molecule has 0 atom stereocenters. The van der Waals surface area contributed by atoms with Crippen molar-refractivity contribution < 1.29 is 5.11 Å². The largest absolute Gasteiger partial charge is 0.492 e. The summed E-state index contributed by atoms with van der Waals surface area (Å²) in [7, 11) is 0. The Bertz CT molecular complexity index is 536. The van der Waals surface area contributed by atoms with Crippen LogP contribution in [0.5, 0.6) is 5.88 Å². The number of H-pyrrole nitrogens is 2. The average Bonchev–Trinajstić information content (AvgIpc) is 3.05. The zero-order chi connectivity index (χ0) is 12.8. The summed E-state index contributed by atoms with van der Waals surface area (Å²) < 4.78 is 0. The average molecular weight is 242 g/mol. The molecule has 5 nitrogen and oxygen atoms in total. The van der Waals surface area contributed by atoms with Crippen molar-refractivity contribution in [3.63, 3.8) is 0 Å². The van der Waals surface area contributed by atoms with E-state index in [1.54, 1.807) is 25.6 Å². The lowest BCUT2D eigenvalue weighted by molar-refractivity contribution is 0.452. The van der Waals surface area contributed by atoms with Crippen molar-refractivity contribution in [1.29, 1.82) is 0 Å². The Kier molecular flexibility index (Phi) is 3.76. The molecule has 0 fully saturated rings. The molecule has 3 rings (SSSR count). The fourth-order valence-corrected chi connectivity index (χ4v) is 1.40. The van der Waals surface area contributed by atoms with Gasteiger partial charge in [0.15, 0.2) is 0 Å². The van der Waals surface area contributed by atoms with Crippen LogP contribution in [0.25, 0.3) is 11.4 Å². The molecular weight excluding hydrogens is 228 g/mol. The molecule has 1 aromatic carbocycles. The number of hydrogen-bond acceptors (Lipinski definition) is 3. The molecule has 92 valence electrons. The van der Waals surface area contributed by atoms with Gasteiger partial charge in [-0.25, -0.2) is 4.98 Å². The number of nitrogens with one attached hydrogen (secondary N) is 2. The van der Waals surface area contributed by atoms with E-state index in [9.17, 15) is 5.11 Å². The molecule has 0 aliphatic carbocycles. The number of aromatic nitrogens is 4. The third-order valence-electron chi connectivity index (χ3n) is 2.31. The normalized spacial score (nSPS) is 9.61. The van der Waals surface area contributed by atoms with E-state index in [0.717, 1.165) is 5.56 Å². The number of hydrogen-bond donors (Lipinski definition) is 3. The van der Waals surface area contributed by atoms with Gasteiger partial charge in [-0.2, -0.15) is 4.98 Å². The monoisotopic (exact) mass is 242 g/mol. The molecule has 0 amide bonds. The SMILES string of the molecule is Cc1[nH]c(-c2ccccc2)nc1O.c1c[nH]cn1. The minimum absolute atomic E-state index is 0.0684. The summed E-state index contributed by atoms with van der Waals surface area (Å²) in [6.07, 6.45) is 5.08. The second-order valence-corrected chi connectivity index (χ2v) is 3.66. The number of rotatable bonds is 1. The van der Waals surface area contributed by atoms with Crippen LogP contribution in [0, 0.1) is 6.92 Å². The smallest absolute Gasteiger partial charge is 0.232 e. The third-order valence-corrected chi connectivity index (χ3v) is 2.31. The number of imidazole rings is 2. The van der Waals surface area contributed by atoms with Crippen molar-refractivity contribution >= 4 is 0 Å². The second-order valence-electron chi connectivity index (χ2n) is 3.66. The summed E-state index contributed by atoms with van der Waals surface area (Å²) in [5.41, 5.74) is 1.67. The number of aromatic hydroxyl groups is 1. The highest BCUT2D eigenvalue weighted by Crippen LogP contribution is 2.20. The highest BCUT2D eigenvalue weighted by atomic mass is 16.3. The van der Waals surface area contributed by atoms with Gasteiger partial charge in [-0.15, -0.1) is 0 Å². The fourth-order valence-electron chi connectivity index (χ4n) is 1.40. The van der Waals surface area contributed by atoms with Gasteiger partial charge >= 0.3 is 0 Å². The van der Waals surface area contributed by atoms with E-state index in [1.807, 2.05) is 30.3 Å². The van der Waals surface area contributed by atoms with E-state index in [1.165, 1.54) is 0 Å². The topological polar surface area (TPSA) is 77.6 Å².